The first-order valence-corrected chi connectivity index (χ1v) is 7.83. The minimum absolute atomic E-state index is 0.105. The summed E-state index contributed by atoms with van der Waals surface area (Å²) in [5, 5.41) is 3.18. The molecule has 0 aromatic heterocycles. The third kappa shape index (κ3) is 2.57. The Morgan fingerprint density at radius 2 is 1.88 bits per heavy atom. The molecule has 0 spiro atoms. The molecular formula is C11H22N2O2S. The van der Waals surface area contributed by atoms with Crippen LogP contribution in [0.3, 0.4) is 0 Å². The van der Waals surface area contributed by atoms with Crippen molar-refractivity contribution in [2.24, 2.45) is 0 Å². The topological polar surface area (TPSA) is 49.4 Å². The predicted octanol–water partition coefficient (Wildman–Crippen LogP) is 0.943. The van der Waals surface area contributed by atoms with Gasteiger partial charge in [-0.3, -0.25) is 0 Å². The molecular weight excluding hydrogens is 224 g/mol. The quantitative estimate of drug-likeness (QED) is 0.789. The Morgan fingerprint density at radius 3 is 2.50 bits per heavy atom. The van der Waals surface area contributed by atoms with E-state index in [2.05, 4.69) is 5.32 Å². The summed E-state index contributed by atoms with van der Waals surface area (Å²) in [5.74, 6) is 0. The monoisotopic (exact) mass is 246 g/mol. The fourth-order valence-electron chi connectivity index (χ4n) is 2.70. The molecule has 1 N–H and O–H groups in total. The molecule has 0 aromatic rings. The highest BCUT2D eigenvalue weighted by atomic mass is 32.2. The molecule has 1 aliphatic carbocycles. The van der Waals surface area contributed by atoms with E-state index in [1.165, 1.54) is 6.42 Å². The zero-order valence-corrected chi connectivity index (χ0v) is 10.8. The Bertz CT molecular complexity index is 323. The lowest BCUT2D eigenvalue weighted by atomic mass is 10.0. The van der Waals surface area contributed by atoms with Gasteiger partial charge in [-0.25, -0.2) is 8.42 Å². The summed E-state index contributed by atoms with van der Waals surface area (Å²) < 4.78 is 26.5. The maximum Gasteiger partial charge on any atom is 0.217 e. The van der Waals surface area contributed by atoms with Crippen LogP contribution in [0.2, 0.25) is 0 Å². The van der Waals surface area contributed by atoms with Crippen LogP contribution in [-0.2, 0) is 10.0 Å². The van der Waals surface area contributed by atoms with Gasteiger partial charge in [-0.1, -0.05) is 19.3 Å². The third-order valence-corrected chi connectivity index (χ3v) is 6.03. The van der Waals surface area contributed by atoms with E-state index < -0.39 is 10.0 Å². The van der Waals surface area contributed by atoms with Crippen LogP contribution >= 0.6 is 0 Å². The van der Waals surface area contributed by atoms with Crippen LogP contribution in [0.15, 0.2) is 0 Å². The average Bonchev–Trinajstić information content (AvgIpc) is 2.30. The highest BCUT2D eigenvalue weighted by molar-refractivity contribution is 7.89. The molecule has 2 rings (SSSR count). The molecule has 2 fully saturated rings. The second kappa shape index (κ2) is 5.02. The van der Waals surface area contributed by atoms with Crippen molar-refractivity contribution in [3.05, 3.63) is 0 Å². The number of sulfonamides is 1. The van der Waals surface area contributed by atoms with E-state index in [1.54, 1.807) is 4.31 Å². The first-order valence-electron chi connectivity index (χ1n) is 6.33. The molecule has 0 bridgehead atoms. The van der Waals surface area contributed by atoms with E-state index >= 15 is 0 Å². The number of hydrogen-bond donors (Lipinski definition) is 1. The molecule has 1 saturated carbocycles. The van der Waals surface area contributed by atoms with E-state index in [1.807, 2.05) is 6.92 Å². The van der Waals surface area contributed by atoms with Crippen LogP contribution in [0.25, 0.3) is 0 Å². The smallest absolute Gasteiger partial charge is 0.217 e. The molecule has 1 heterocycles. The van der Waals surface area contributed by atoms with Crippen molar-refractivity contribution in [3.63, 3.8) is 0 Å². The lowest BCUT2D eigenvalue weighted by molar-refractivity contribution is 0.302. The molecule has 5 heteroatoms. The number of rotatable bonds is 2. The van der Waals surface area contributed by atoms with Gasteiger partial charge in [-0.2, -0.15) is 4.31 Å². The zero-order valence-electron chi connectivity index (χ0n) is 9.98. The molecule has 0 amide bonds. The summed E-state index contributed by atoms with van der Waals surface area (Å²) in [6.07, 6.45) is 5.07. The Hall–Kier alpha value is -0.130. The van der Waals surface area contributed by atoms with Crippen molar-refractivity contribution in [2.75, 3.05) is 19.6 Å². The van der Waals surface area contributed by atoms with Crippen LogP contribution < -0.4 is 5.32 Å². The minimum atomic E-state index is -3.02. The van der Waals surface area contributed by atoms with Crippen LogP contribution in [0.4, 0.5) is 0 Å². The molecule has 1 aliphatic heterocycles. The summed E-state index contributed by atoms with van der Waals surface area (Å²) in [6.45, 7) is 4.11. The number of nitrogens with one attached hydrogen (secondary N) is 1. The van der Waals surface area contributed by atoms with Crippen molar-refractivity contribution in [2.45, 2.75) is 50.3 Å². The van der Waals surface area contributed by atoms with E-state index in [-0.39, 0.29) is 11.3 Å². The highest BCUT2D eigenvalue weighted by Gasteiger charge is 2.34. The van der Waals surface area contributed by atoms with Crippen molar-refractivity contribution >= 4 is 10.0 Å². The van der Waals surface area contributed by atoms with Gasteiger partial charge in [-0.05, 0) is 19.8 Å². The standard InChI is InChI=1S/C11H22N2O2S/c1-10-9-13(8-7-12-10)16(14,15)11-5-3-2-4-6-11/h10-12H,2-9H2,1H3/t10-/m0/s1. The number of nitrogens with zero attached hydrogens (tertiary/aromatic N) is 1. The highest BCUT2D eigenvalue weighted by Crippen LogP contribution is 2.26. The summed E-state index contributed by atoms with van der Waals surface area (Å²) in [5.41, 5.74) is 0. The van der Waals surface area contributed by atoms with Crippen LogP contribution in [0, 0.1) is 0 Å². The van der Waals surface area contributed by atoms with Crippen LogP contribution in [0.5, 0.6) is 0 Å². The lowest BCUT2D eigenvalue weighted by Gasteiger charge is -2.34. The van der Waals surface area contributed by atoms with Gasteiger partial charge >= 0.3 is 0 Å². The minimum Gasteiger partial charge on any atom is -0.312 e. The maximum absolute atomic E-state index is 12.4. The molecule has 0 radical (unpaired) electrons. The van der Waals surface area contributed by atoms with E-state index in [0.29, 0.717) is 13.1 Å². The van der Waals surface area contributed by atoms with E-state index in [0.717, 1.165) is 32.2 Å². The largest absolute Gasteiger partial charge is 0.312 e. The Labute approximate surface area is 98.4 Å². The normalized spacial score (nSPS) is 30.4. The van der Waals surface area contributed by atoms with Gasteiger partial charge in [0.15, 0.2) is 0 Å². The van der Waals surface area contributed by atoms with Crippen LogP contribution in [-0.4, -0.2) is 43.6 Å². The molecule has 94 valence electrons. The SMILES string of the molecule is C[C@H]1CN(S(=O)(=O)C2CCCCC2)CCN1. The average molecular weight is 246 g/mol. The molecule has 4 nitrogen and oxygen atoms in total. The van der Waals surface area contributed by atoms with E-state index in [4.69, 9.17) is 0 Å². The number of hydrogen-bond acceptors (Lipinski definition) is 3. The van der Waals surface area contributed by atoms with Crippen molar-refractivity contribution < 1.29 is 8.42 Å². The second-order valence-electron chi connectivity index (χ2n) is 5.02. The first kappa shape index (κ1) is 12.3. The van der Waals surface area contributed by atoms with Gasteiger partial charge in [0.05, 0.1) is 5.25 Å². The summed E-state index contributed by atoms with van der Waals surface area (Å²) in [4.78, 5) is 0. The van der Waals surface area contributed by atoms with Crippen LogP contribution in [0.1, 0.15) is 39.0 Å². The predicted molar refractivity (Wildman–Crippen MR) is 64.8 cm³/mol. The van der Waals surface area contributed by atoms with Crippen molar-refractivity contribution in [3.8, 4) is 0 Å². The maximum atomic E-state index is 12.4. The molecule has 0 aromatic carbocycles. The van der Waals surface area contributed by atoms with Gasteiger partial charge < -0.3 is 5.32 Å². The van der Waals surface area contributed by atoms with Gasteiger partial charge in [0.25, 0.3) is 0 Å². The lowest BCUT2D eigenvalue weighted by Crippen LogP contribution is -2.53. The van der Waals surface area contributed by atoms with Gasteiger partial charge in [-0.15, -0.1) is 0 Å². The third-order valence-electron chi connectivity index (χ3n) is 3.66. The first-order chi connectivity index (χ1) is 7.60. The fourth-order valence-corrected chi connectivity index (χ4v) is 4.83. The molecule has 1 saturated heterocycles. The van der Waals surface area contributed by atoms with Gasteiger partial charge in [0.1, 0.15) is 0 Å². The van der Waals surface area contributed by atoms with Gasteiger partial charge in [0.2, 0.25) is 10.0 Å². The molecule has 2 aliphatic rings. The Kier molecular flexibility index (Phi) is 3.87. The van der Waals surface area contributed by atoms with Crippen molar-refractivity contribution in [1.82, 2.24) is 9.62 Å². The van der Waals surface area contributed by atoms with E-state index in [9.17, 15) is 8.42 Å². The summed E-state index contributed by atoms with van der Waals surface area (Å²) in [6, 6.07) is 0.284. The molecule has 1 atom stereocenters. The molecule has 0 unspecified atom stereocenters. The summed E-state index contributed by atoms with van der Waals surface area (Å²) >= 11 is 0. The molecule has 16 heavy (non-hydrogen) atoms. The summed E-state index contributed by atoms with van der Waals surface area (Å²) in [7, 11) is -3.02. The number of piperazine rings is 1. The Balaban J connectivity index is 2.05. The second-order valence-corrected chi connectivity index (χ2v) is 7.23. The van der Waals surface area contributed by atoms with Gasteiger partial charge in [0, 0.05) is 25.7 Å². The zero-order chi connectivity index (χ0) is 11.6. The Morgan fingerprint density at radius 1 is 1.19 bits per heavy atom. The fraction of sp³-hybridized carbons (Fsp3) is 1.00. The van der Waals surface area contributed by atoms with Crippen molar-refractivity contribution in [1.29, 1.82) is 0 Å².